The summed E-state index contributed by atoms with van der Waals surface area (Å²) in [6.45, 7) is 4.53. The van der Waals surface area contributed by atoms with Crippen molar-refractivity contribution in [3.05, 3.63) is 23.9 Å². The first kappa shape index (κ1) is 12.9. The first-order valence-electron chi connectivity index (χ1n) is 6.34. The second kappa shape index (κ2) is 4.96. The lowest BCUT2D eigenvalue weighted by Gasteiger charge is -2.28. The normalized spacial score (nSPS) is 21.6. The molecule has 1 N–H and O–H groups in total. The Morgan fingerprint density at radius 1 is 1.56 bits per heavy atom. The minimum atomic E-state index is -0.328. The lowest BCUT2D eigenvalue weighted by atomic mass is 9.87. The highest BCUT2D eigenvalue weighted by atomic mass is 16.5. The molecule has 0 aliphatic heterocycles. The molecule has 98 valence electrons. The number of pyridine rings is 1. The summed E-state index contributed by atoms with van der Waals surface area (Å²) >= 11 is 0. The van der Waals surface area contributed by atoms with E-state index in [1.165, 1.54) is 20.0 Å². The molecule has 0 bridgehead atoms. The third-order valence-electron chi connectivity index (χ3n) is 3.76. The molecule has 2 rings (SSSR count). The number of esters is 1. The second-order valence-electron chi connectivity index (χ2n) is 5.50. The maximum absolute atomic E-state index is 11.5. The van der Waals surface area contributed by atoms with Crippen molar-refractivity contribution in [3.8, 4) is 0 Å². The number of methoxy groups -OCH3 is 1. The fourth-order valence-corrected chi connectivity index (χ4v) is 2.53. The number of ether oxygens (including phenoxy) is 1. The average molecular weight is 248 g/mol. The van der Waals surface area contributed by atoms with Crippen molar-refractivity contribution in [3.63, 3.8) is 0 Å². The van der Waals surface area contributed by atoms with Crippen LogP contribution in [0, 0.1) is 5.41 Å². The van der Waals surface area contributed by atoms with E-state index in [9.17, 15) is 4.79 Å². The minimum absolute atomic E-state index is 0.281. The smallest absolute Gasteiger partial charge is 0.338 e. The highest BCUT2D eigenvalue weighted by Gasteiger charge is 2.34. The quantitative estimate of drug-likeness (QED) is 0.836. The number of rotatable bonds is 3. The third-order valence-corrected chi connectivity index (χ3v) is 3.76. The molecule has 4 nitrogen and oxygen atoms in total. The van der Waals surface area contributed by atoms with Crippen LogP contribution in [0.15, 0.2) is 18.3 Å². The standard InChI is InChI=1S/C14H20N2O2/c1-14(2)7-4-5-11(14)16-12-9-10(6-8-15-12)13(17)18-3/h6,8-9,11H,4-5,7H2,1-3H3,(H,15,16). The van der Waals surface area contributed by atoms with Gasteiger partial charge >= 0.3 is 5.97 Å². The number of hydrogen-bond acceptors (Lipinski definition) is 4. The fraction of sp³-hybridized carbons (Fsp3) is 0.571. The van der Waals surface area contributed by atoms with E-state index in [1.807, 2.05) is 0 Å². The molecule has 0 amide bonds. The van der Waals surface area contributed by atoms with E-state index in [-0.39, 0.29) is 11.4 Å². The Hall–Kier alpha value is -1.58. The Morgan fingerprint density at radius 3 is 2.94 bits per heavy atom. The molecule has 4 heteroatoms. The predicted molar refractivity (Wildman–Crippen MR) is 70.6 cm³/mol. The van der Waals surface area contributed by atoms with E-state index < -0.39 is 0 Å². The van der Waals surface area contributed by atoms with Crippen LogP contribution in [0.25, 0.3) is 0 Å². The molecule has 1 saturated carbocycles. The van der Waals surface area contributed by atoms with Gasteiger partial charge in [0.1, 0.15) is 5.82 Å². The monoisotopic (exact) mass is 248 g/mol. The summed E-state index contributed by atoms with van der Waals surface area (Å²) in [6, 6.07) is 3.83. The van der Waals surface area contributed by atoms with Crippen molar-refractivity contribution in [1.29, 1.82) is 0 Å². The molecular weight excluding hydrogens is 228 g/mol. The first-order chi connectivity index (χ1) is 8.53. The van der Waals surface area contributed by atoms with Crippen LogP contribution < -0.4 is 5.32 Å². The zero-order valence-corrected chi connectivity index (χ0v) is 11.2. The fourth-order valence-electron chi connectivity index (χ4n) is 2.53. The summed E-state index contributed by atoms with van der Waals surface area (Å²) in [4.78, 5) is 15.7. The van der Waals surface area contributed by atoms with Gasteiger partial charge < -0.3 is 10.1 Å². The van der Waals surface area contributed by atoms with E-state index in [4.69, 9.17) is 4.74 Å². The molecule has 1 aromatic rings. The van der Waals surface area contributed by atoms with Crippen LogP contribution >= 0.6 is 0 Å². The first-order valence-corrected chi connectivity index (χ1v) is 6.34. The van der Waals surface area contributed by atoms with Crippen LogP contribution in [0.4, 0.5) is 5.82 Å². The van der Waals surface area contributed by atoms with Gasteiger partial charge in [-0.15, -0.1) is 0 Å². The van der Waals surface area contributed by atoms with Gasteiger partial charge in [0.05, 0.1) is 12.7 Å². The Kier molecular flexibility index (Phi) is 3.55. The molecule has 18 heavy (non-hydrogen) atoms. The molecular formula is C14H20N2O2. The van der Waals surface area contributed by atoms with Crippen molar-refractivity contribution >= 4 is 11.8 Å². The highest BCUT2D eigenvalue weighted by molar-refractivity contribution is 5.89. The van der Waals surface area contributed by atoms with E-state index in [2.05, 4.69) is 24.1 Å². The van der Waals surface area contributed by atoms with E-state index in [0.29, 0.717) is 11.6 Å². The van der Waals surface area contributed by atoms with Gasteiger partial charge in [-0.25, -0.2) is 9.78 Å². The van der Waals surface area contributed by atoms with Crippen LogP contribution in [0.1, 0.15) is 43.5 Å². The Balaban J connectivity index is 2.12. The number of aromatic nitrogens is 1. The van der Waals surface area contributed by atoms with Gasteiger partial charge in [-0.3, -0.25) is 0 Å². The van der Waals surface area contributed by atoms with Crippen molar-refractivity contribution in [2.75, 3.05) is 12.4 Å². The van der Waals surface area contributed by atoms with Gasteiger partial charge in [-0.05, 0) is 30.4 Å². The molecule has 1 aliphatic rings. The Morgan fingerprint density at radius 2 is 2.33 bits per heavy atom. The number of carbonyl (C=O) groups is 1. The SMILES string of the molecule is COC(=O)c1ccnc(NC2CCCC2(C)C)c1. The number of anilines is 1. The van der Waals surface area contributed by atoms with Crippen LogP contribution in [-0.2, 0) is 4.74 Å². The zero-order valence-electron chi connectivity index (χ0n) is 11.2. The average Bonchev–Trinajstić information content (AvgIpc) is 2.68. The number of hydrogen-bond donors (Lipinski definition) is 1. The summed E-state index contributed by atoms with van der Waals surface area (Å²) in [5, 5.41) is 3.43. The van der Waals surface area contributed by atoms with Gasteiger partial charge in [0.15, 0.2) is 0 Å². The van der Waals surface area contributed by atoms with Crippen molar-refractivity contribution in [2.24, 2.45) is 5.41 Å². The van der Waals surface area contributed by atoms with Crippen molar-refractivity contribution in [2.45, 2.75) is 39.2 Å². The predicted octanol–water partition coefficient (Wildman–Crippen LogP) is 2.86. The topological polar surface area (TPSA) is 51.2 Å². The Labute approximate surface area is 108 Å². The minimum Gasteiger partial charge on any atom is -0.465 e. The van der Waals surface area contributed by atoms with Crippen molar-refractivity contribution in [1.82, 2.24) is 4.98 Å². The highest BCUT2D eigenvalue weighted by Crippen LogP contribution is 2.38. The Bertz CT molecular complexity index is 443. The molecule has 0 saturated heterocycles. The summed E-state index contributed by atoms with van der Waals surface area (Å²) in [7, 11) is 1.38. The van der Waals surface area contributed by atoms with E-state index >= 15 is 0 Å². The molecule has 1 unspecified atom stereocenters. The molecule has 0 aromatic carbocycles. The van der Waals surface area contributed by atoms with E-state index in [1.54, 1.807) is 18.3 Å². The lowest BCUT2D eigenvalue weighted by molar-refractivity contribution is 0.0600. The summed E-state index contributed by atoms with van der Waals surface area (Å²) < 4.78 is 4.71. The third kappa shape index (κ3) is 2.63. The van der Waals surface area contributed by atoms with Crippen LogP contribution in [-0.4, -0.2) is 24.1 Å². The molecule has 1 heterocycles. The van der Waals surface area contributed by atoms with Gasteiger partial charge in [-0.1, -0.05) is 20.3 Å². The van der Waals surface area contributed by atoms with Gasteiger partial charge in [0.25, 0.3) is 0 Å². The van der Waals surface area contributed by atoms with Gasteiger partial charge in [0.2, 0.25) is 0 Å². The number of nitrogens with zero attached hydrogens (tertiary/aromatic N) is 1. The zero-order chi connectivity index (χ0) is 13.2. The van der Waals surface area contributed by atoms with Gasteiger partial charge in [-0.2, -0.15) is 0 Å². The molecule has 0 radical (unpaired) electrons. The maximum atomic E-state index is 11.5. The van der Waals surface area contributed by atoms with E-state index in [0.717, 1.165) is 12.2 Å². The number of nitrogens with one attached hydrogen (secondary N) is 1. The largest absolute Gasteiger partial charge is 0.465 e. The van der Waals surface area contributed by atoms with Crippen LogP contribution in [0.5, 0.6) is 0 Å². The second-order valence-corrected chi connectivity index (χ2v) is 5.50. The lowest BCUT2D eigenvalue weighted by Crippen LogP contribution is -2.31. The number of carbonyl (C=O) groups excluding carboxylic acids is 1. The summed E-state index contributed by atoms with van der Waals surface area (Å²) in [5.41, 5.74) is 0.814. The van der Waals surface area contributed by atoms with Gasteiger partial charge in [0, 0.05) is 12.2 Å². The summed E-state index contributed by atoms with van der Waals surface area (Å²) in [5.74, 6) is 0.420. The molecule has 0 spiro atoms. The maximum Gasteiger partial charge on any atom is 0.338 e. The summed E-state index contributed by atoms with van der Waals surface area (Å²) in [6.07, 6.45) is 5.25. The van der Waals surface area contributed by atoms with Crippen LogP contribution in [0.3, 0.4) is 0 Å². The molecule has 1 fully saturated rings. The van der Waals surface area contributed by atoms with Crippen molar-refractivity contribution < 1.29 is 9.53 Å². The molecule has 1 aromatic heterocycles. The molecule has 1 atom stereocenters. The van der Waals surface area contributed by atoms with Crippen LogP contribution in [0.2, 0.25) is 0 Å². The molecule has 1 aliphatic carbocycles.